The van der Waals surface area contributed by atoms with Crippen LogP contribution in [0.2, 0.25) is 0 Å². The molecule has 0 aromatic rings. The molecule has 5 N–H and O–H groups in total. The summed E-state index contributed by atoms with van der Waals surface area (Å²) in [6, 6.07) is -0.816. The molecule has 1 unspecified atom stereocenters. The predicted molar refractivity (Wildman–Crippen MR) is 94.8 cm³/mol. The quantitative estimate of drug-likeness (QED) is 0.286. The number of carbonyl (C=O) groups excluding carboxylic acids is 5. The smallest absolute Gasteiger partial charge is 0.243 e. The first kappa shape index (κ1) is 23.4. The van der Waals surface area contributed by atoms with E-state index in [0.717, 1.165) is 0 Å². The van der Waals surface area contributed by atoms with Crippen molar-refractivity contribution < 1.29 is 24.0 Å². The van der Waals surface area contributed by atoms with E-state index in [1.807, 2.05) is 13.8 Å². The highest BCUT2D eigenvalue weighted by Gasteiger charge is 2.22. The van der Waals surface area contributed by atoms with E-state index in [-0.39, 0.29) is 37.4 Å². The molecule has 5 amide bonds. The molecule has 0 aromatic heterocycles. The van der Waals surface area contributed by atoms with E-state index in [0.29, 0.717) is 13.0 Å². The zero-order chi connectivity index (χ0) is 20.1. The lowest BCUT2D eigenvalue weighted by Crippen LogP contribution is -2.51. The Morgan fingerprint density at radius 3 is 1.85 bits per heavy atom. The van der Waals surface area contributed by atoms with E-state index in [4.69, 9.17) is 0 Å². The van der Waals surface area contributed by atoms with Crippen LogP contribution in [-0.4, -0.2) is 61.8 Å². The number of rotatable bonds is 11. The molecule has 0 heterocycles. The maximum Gasteiger partial charge on any atom is 0.243 e. The lowest BCUT2D eigenvalue weighted by Gasteiger charge is -2.20. The van der Waals surface area contributed by atoms with Crippen LogP contribution in [0.3, 0.4) is 0 Å². The van der Waals surface area contributed by atoms with Gasteiger partial charge in [-0.05, 0) is 19.3 Å². The van der Waals surface area contributed by atoms with Gasteiger partial charge < -0.3 is 26.6 Å². The van der Waals surface area contributed by atoms with Crippen molar-refractivity contribution in [3.8, 4) is 0 Å². The summed E-state index contributed by atoms with van der Waals surface area (Å²) in [7, 11) is 0. The van der Waals surface area contributed by atoms with Gasteiger partial charge in [0.2, 0.25) is 29.5 Å². The van der Waals surface area contributed by atoms with E-state index >= 15 is 0 Å². The molecule has 10 heteroatoms. The summed E-state index contributed by atoms with van der Waals surface area (Å²) in [6.45, 7) is 6.56. The van der Waals surface area contributed by atoms with Crippen molar-refractivity contribution in [3.05, 3.63) is 0 Å². The summed E-state index contributed by atoms with van der Waals surface area (Å²) < 4.78 is 0. The molecule has 0 aliphatic rings. The molecule has 0 spiro atoms. The van der Waals surface area contributed by atoms with Crippen LogP contribution in [0.15, 0.2) is 0 Å². The minimum absolute atomic E-state index is 0.130. The summed E-state index contributed by atoms with van der Waals surface area (Å²) in [4.78, 5) is 57.7. The van der Waals surface area contributed by atoms with E-state index in [1.54, 1.807) is 6.92 Å². The van der Waals surface area contributed by atoms with Gasteiger partial charge in [-0.1, -0.05) is 13.8 Å². The van der Waals surface area contributed by atoms with Crippen LogP contribution < -0.4 is 26.6 Å². The Labute approximate surface area is 153 Å². The second-order valence-electron chi connectivity index (χ2n) is 6.11. The van der Waals surface area contributed by atoms with Gasteiger partial charge in [0.25, 0.3) is 0 Å². The Balaban J connectivity index is 4.47. The van der Waals surface area contributed by atoms with Crippen molar-refractivity contribution in [2.24, 2.45) is 5.92 Å². The second-order valence-corrected chi connectivity index (χ2v) is 6.11. The third-order valence-corrected chi connectivity index (χ3v) is 3.10. The first-order valence-electron chi connectivity index (χ1n) is 8.50. The molecule has 0 aliphatic carbocycles. The first-order chi connectivity index (χ1) is 12.1. The van der Waals surface area contributed by atoms with Crippen LogP contribution in [0, 0.1) is 5.92 Å². The molecular weight excluding hydrogens is 342 g/mol. The van der Waals surface area contributed by atoms with Crippen molar-refractivity contribution in [1.29, 1.82) is 0 Å². The fourth-order valence-corrected chi connectivity index (χ4v) is 1.94. The summed E-state index contributed by atoms with van der Waals surface area (Å²) >= 11 is 0. The maximum atomic E-state index is 12.2. The topological polar surface area (TPSA) is 146 Å². The molecule has 10 nitrogen and oxygen atoms in total. The number of carbonyl (C=O) groups is 5. The van der Waals surface area contributed by atoms with Crippen LogP contribution in [0.4, 0.5) is 0 Å². The number of hydrogen-bond donors (Lipinski definition) is 5. The largest absolute Gasteiger partial charge is 0.355 e. The molecule has 26 heavy (non-hydrogen) atoms. The van der Waals surface area contributed by atoms with Gasteiger partial charge in [-0.2, -0.15) is 0 Å². The molecule has 0 rings (SSSR count). The highest BCUT2D eigenvalue weighted by Crippen LogP contribution is 2.04. The predicted octanol–water partition coefficient (Wildman–Crippen LogP) is -1.98. The number of hydrogen-bond acceptors (Lipinski definition) is 5. The summed E-state index contributed by atoms with van der Waals surface area (Å²) in [5.74, 6) is -2.07. The van der Waals surface area contributed by atoms with Crippen LogP contribution in [0.1, 0.15) is 34.1 Å². The van der Waals surface area contributed by atoms with Gasteiger partial charge in [-0.15, -0.1) is 0 Å². The highest BCUT2D eigenvalue weighted by molar-refractivity contribution is 5.92. The van der Waals surface area contributed by atoms with Gasteiger partial charge in [0.05, 0.1) is 19.6 Å². The average molecular weight is 371 g/mol. The molecular formula is C16H29N5O5. The van der Waals surface area contributed by atoms with Gasteiger partial charge >= 0.3 is 0 Å². The molecule has 0 radical (unpaired) electrons. The Morgan fingerprint density at radius 2 is 1.31 bits per heavy atom. The Hall–Kier alpha value is -2.65. The zero-order valence-electron chi connectivity index (χ0n) is 15.7. The highest BCUT2D eigenvalue weighted by atomic mass is 16.2. The van der Waals surface area contributed by atoms with E-state index in [2.05, 4.69) is 26.6 Å². The molecule has 148 valence electrons. The fraction of sp³-hybridized carbons (Fsp3) is 0.688. The summed E-state index contributed by atoms with van der Waals surface area (Å²) in [5.41, 5.74) is 0. The third-order valence-electron chi connectivity index (χ3n) is 3.10. The van der Waals surface area contributed by atoms with Crippen molar-refractivity contribution in [2.45, 2.75) is 40.2 Å². The zero-order valence-corrected chi connectivity index (χ0v) is 15.7. The van der Waals surface area contributed by atoms with E-state index in [9.17, 15) is 24.0 Å². The van der Waals surface area contributed by atoms with Crippen LogP contribution in [-0.2, 0) is 24.0 Å². The minimum Gasteiger partial charge on any atom is -0.355 e. The lowest BCUT2D eigenvalue weighted by molar-refractivity contribution is -0.131. The van der Waals surface area contributed by atoms with Crippen molar-refractivity contribution in [2.75, 3.05) is 26.2 Å². The monoisotopic (exact) mass is 371 g/mol. The lowest BCUT2D eigenvalue weighted by atomic mass is 10.0. The maximum absolute atomic E-state index is 12.2. The Kier molecular flexibility index (Phi) is 11.4. The van der Waals surface area contributed by atoms with E-state index in [1.165, 1.54) is 6.92 Å². The molecule has 0 bridgehead atoms. The summed E-state index contributed by atoms with van der Waals surface area (Å²) in [5, 5.41) is 12.2. The standard InChI is InChI=1S/C16H29N5O5/c1-5-17-13(23)8-20-16(26)12(6-10(2)3)21-15(25)9-19-14(24)7-18-11(4)22/h10,12H,5-9H2,1-4H3,(H,17,23)(H,18,22)(H,19,24)(H,20,26)(H,21,25). The van der Waals surface area contributed by atoms with Crippen molar-refractivity contribution in [3.63, 3.8) is 0 Å². The summed E-state index contributed by atoms with van der Waals surface area (Å²) in [6.07, 6.45) is 0.382. The van der Waals surface area contributed by atoms with Crippen molar-refractivity contribution in [1.82, 2.24) is 26.6 Å². The Bertz CT molecular complexity index is 521. The molecule has 0 saturated carbocycles. The van der Waals surface area contributed by atoms with Gasteiger partial charge in [0.1, 0.15) is 6.04 Å². The van der Waals surface area contributed by atoms with Crippen molar-refractivity contribution >= 4 is 29.5 Å². The van der Waals surface area contributed by atoms with Crippen LogP contribution in [0.25, 0.3) is 0 Å². The SMILES string of the molecule is CCNC(=O)CNC(=O)C(CC(C)C)NC(=O)CNC(=O)CNC(C)=O. The normalized spacial score (nSPS) is 11.3. The number of amides is 5. The number of likely N-dealkylation sites (N-methyl/N-ethyl adjacent to an activating group) is 1. The molecule has 0 saturated heterocycles. The third kappa shape index (κ3) is 11.8. The molecule has 0 aromatic carbocycles. The fourth-order valence-electron chi connectivity index (χ4n) is 1.94. The Morgan fingerprint density at radius 1 is 0.769 bits per heavy atom. The molecule has 1 atom stereocenters. The van der Waals surface area contributed by atoms with Gasteiger partial charge in [-0.3, -0.25) is 24.0 Å². The van der Waals surface area contributed by atoms with Crippen LogP contribution >= 0.6 is 0 Å². The molecule has 0 aliphatic heterocycles. The van der Waals surface area contributed by atoms with E-state index < -0.39 is 23.8 Å². The average Bonchev–Trinajstić information content (AvgIpc) is 2.55. The minimum atomic E-state index is -0.816. The van der Waals surface area contributed by atoms with Crippen LogP contribution in [0.5, 0.6) is 0 Å². The first-order valence-corrected chi connectivity index (χ1v) is 8.50. The second kappa shape index (κ2) is 12.7. The van der Waals surface area contributed by atoms with Gasteiger partial charge in [0, 0.05) is 13.5 Å². The van der Waals surface area contributed by atoms with Gasteiger partial charge in [0.15, 0.2) is 0 Å². The molecule has 0 fully saturated rings. The number of nitrogens with one attached hydrogen (secondary N) is 5. The van der Waals surface area contributed by atoms with Gasteiger partial charge in [-0.25, -0.2) is 0 Å².